The maximum atomic E-state index is 5.79. The van der Waals surface area contributed by atoms with Crippen LogP contribution in [0.2, 0.25) is 0 Å². The fourth-order valence-corrected chi connectivity index (χ4v) is 4.23. The lowest BCUT2D eigenvalue weighted by atomic mass is 10.2. The van der Waals surface area contributed by atoms with Crippen molar-refractivity contribution in [1.29, 1.82) is 0 Å². The van der Waals surface area contributed by atoms with Crippen molar-refractivity contribution in [2.75, 3.05) is 19.5 Å². The Hall–Kier alpha value is -3.04. The van der Waals surface area contributed by atoms with E-state index >= 15 is 0 Å². The van der Waals surface area contributed by atoms with Crippen LogP contribution in [0.3, 0.4) is 0 Å². The number of aromatic nitrogens is 3. The van der Waals surface area contributed by atoms with Gasteiger partial charge in [0.15, 0.2) is 16.6 Å². The molecule has 154 valence electrons. The Morgan fingerprint density at radius 2 is 1.90 bits per heavy atom. The molecule has 4 rings (SSSR count). The van der Waals surface area contributed by atoms with Gasteiger partial charge in [-0.1, -0.05) is 30.0 Å². The molecule has 0 aliphatic carbocycles. The first-order valence-electron chi connectivity index (χ1n) is 9.12. The van der Waals surface area contributed by atoms with Crippen LogP contribution in [0.1, 0.15) is 11.3 Å². The van der Waals surface area contributed by atoms with Crippen molar-refractivity contribution >= 4 is 33.9 Å². The van der Waals surface area contributed by atoms with Crippen molar-refractivity contribution in [2.45, 2.75) is 17.9 Å². The Balaban J connectivity index is 1.39. The molecule has 0 fully saturated rings. The molecule has 0 saturated carbocycles. The van der Waals surface area contributed by atoms with Crippen molar-refractivity contribution in [3.63, 3.8) is 0 Å². The van der Waals surface area contributed by atoms with Crippen molar-refractivity contribution in [1.82, 2.24) is 15.2 Å². The molecular weight excluding hydrogens is 420 g/mol. The first-order valence-corrected chi connectivity index (χ1v) is 11.0. The second-order valence-corrected chi connectivity index (χ2v) is 8.10. The summed E-state index contributed by atoms with van der Waals surface area (Å²) in [6, 6.07) is 13.6. The highest BCUT2D eigenvalue weighted by Gasteiger charge is 2.13. The van der Waals surface area contributed by atoms with Crippen molar-refractivity contribution in [3.8, 4) is 23.0 Å². The predicted molar refractivity (Wildman–Crippen MR) is 119 cm³/mol. The first-order chi connectivity index (χ1) is 14.7. The number of hydrogen-bond acceptors (Lipinski definition) is 9. The molecule has 2 aromatic heterocycles. The third-order valence-corrected chi connectivity index (χ3v) is 5.98. The lowest BCUT2D eigenvalue weighted by Crippen LogP contribution is -1.92. The summed E-state index contributed by atoms with van der Waals surface area (Å²) >= 11 is 3.02. The molecule has 0 aliphatic heterocycles. The van der Waals surface area contributed by atoms with E-state index < -0.39 is 0 Å². The summed E-state index contributed by atoms with van der Waals surface area (Å²) in [6.07, 6.45) is 0. The molecule has 0 atom stereocenters. The molecule has 0 saturated heterocycles. The predicted octanol–water partition coefficient (Wildman–Crippen LogP) is 5.55. The van der Waals surface area contributed by atoms with Gasteiger partial charge in [-0.2, -0.15) is 0 Å². The average Bonchev–Trinajstić information content (AvgIpc) is 3.43. The normalized spacial score (nSPS) is 10.8. The van der Waals surface area contributed by atoms with E-state index in [1.807, 2.05) is 41.8 Å². The molecule has 4 aromatic rings. The number of thiazole rings is 1. The van der Waals surface area contributed by atoms with Crippen LogP contribution >= 0.6 is 23.1 Å². The van der Waals surface area contributed by atoms with E-state index in [1.54, 1.807) is 25.6 Å². The lowest BCUT2D eigenvalue weighted by Gasteiger charge is -2.07. The van der Waals surface area contributed by atoms with Crippen molar-refractivity contribution in [3.05, 3.63) is 59.1 Å². The molecule has 1 N–H and O–H groups in total. The van der Waals surface area contributed by atoms with E-state index in [2.05, 4.69) is 33.5 Å². The van der Waals surface area contributed by atoms with E-state index in [1.165, 1.54) is 17.3 Å². The molecule has 0 amide bonds. The maximum absolute atomic E-state index is 5.79. The third kappa shape index (κ3) is 4.58. The first kappa shape index (κ1) is 20.2. The number of thioether (sulfide) groups is 1. The van der Waals surface area contributed by atoms with E-state index in [9.17, 15) is 0 Å². The summed E-state index contributed by atoms with van der Waals surface area (Å²) in [5.41, 5.74) is 3.96. The number of ether oxygens (including phenoxy) is 2. The smallest absolute Gasteiger partial charge is 0.277 e. The zero-order chi connectivity index (χ0) is 20.9. The van der Waals surface area contributed by atoms with Crippen molar-refractivity contribution in [2.24, 2.45) is 0 Å². The zero-order valence-electron chi connectivity index (χ0n) is 16.7. The zero-order valence-corrected chi connectivity index (χ0v) is 18.3. The van der Waals surface area contributed by atoms with E-state index in [0.29, 0.717) is 28.4 Å². The second-order valence-electron chi connectivity index (χ2n) is 6.32. The second kappa shape index (κ2) is 9.19. The van der Waals surface area contributed by atoms with Crippen LogP contribution in [0.25, 0.3) is 11.5 Å². The van der Waals surface area contributed by atoms with E-state index in [4.69, 9.17) is 13.9 Å². The maximum Gasteiger partial charge on any atom is 0.277 e. The molecule has 2 aromatic carbocycles. The molecular formula is C21H20N4O3S2. The van der Waals surface area contributed by atoms with Gasteiger partial charge in [0.05, 0.1) is 19.9 Å². The molecule has 0 aliphatic rings. The quantitative estimate of drug-likeness (QED) is 0.357. The fraction of sp³-hybridized carbons (Fsp3) is 0.190. The lowest BCUT2D eigenvalue weighted by molar-refractivity contribution is 0.355. The fourth-order valence-electron chi connectivity index (χ4n) is 2.75. The van der Waals surface area contributed by atoms with Gasteiger partial charge >= 0.3 is 0 Å². The SMILES string of the molecule is COc1ccc(-c2nnc(SCc3csc(Nc4ccccc4C)n3)o2)cc1OC. The van der Waals surface area contributed by atoms with Crippen molar-refractivity contribution < 1.29 is 13.9 Å². The average molecular weight is 441 g/mol. The Labute approximate surface area is 182 Å². The van der Waals surface area contributed by atoms with E-state index in [0.717, 1.165) is 22.1 Å². The van der Waals surface area contributed by atoms with Crippen LogP contribution in [-0.2, 0) is 5.75 Å². The number of anilines is 2. The molecule has 7 nitrogen and oxygen atoms in total. The van der Waals surface area contributed by atoms with E-state index in [-0.39, 0.29) is 0 Å². The molecule has 0 radical (unpaired) electrons. The van der Waals surface area contributed by atoms with Gasteiger partial charge in [0.25, 0.3) is 5.22 Å². The molecule has 0 unspecified atom stereocenters. The Kier molecular flexibility index (Phi) is 6.20. The summed E-state index contributed by atoms with van der Waals surface area (Å²) < 4.78 is 16.4. The molecule has 0 spiro atoms. The summed E-state index contributed by atoms with van der Waals surface area (Å²) in [5.74, 6) is 2.32. The highest BCUT2D eigenvalue weighted by molar-refractivity contribution is 7.98. The number of rotatable bonds is 8. The molecule has 30 heavy (non-hydrogen) atoms. The number of hydrogen-bond donors (Lipinski definition) is 1. The van der Waals surface area contributed by atoms with Gasteiger partial charge in [0.2, 0.25) is 5.89 Å². The highest BCUT2D eigenvalue weighted by atomic mass is 32.2. The van der Waals surface area contributed by atoms with Gasteiger partial charge < -0.3 is 19.2 Å². The number of benzene rings is 2. The minimum atomic E-state index is 0.429. The summed E-state index contributed by atoms with van der Waals surface area (Å²) in [4.78, 5) is 4.63. The minimum absolute atomic E-state index is 0.429. The highest BCUT2D eigenvalue weighted by Crippen LogP contribution is 2.33. The van der Waals surface area contributed by atoms with Crippen LogP contribution < -0.4 is 14.8 Å². The minimum Gasteiger partial charge on any atom is -0.493 e. The number of methoxy groups -OCH3 is 2. The van der Waals surface area contributed by atoms with Crippen LogP contribution in [0.15, 0.2) is 57.5 Å². The third-order valence-electron chi connectivity index (χ3n) is 4.32. The number of nitrogens with one attached hydrogen (secondary N) is 1. The summed E-state index contributed by atoms with van der Waals surface area (Å²) in [6.45, 7) is 2.07. The van der Waals surface area contributed by atoms with Crippen LogP contribution in [0.5, 0.6) is 11.5 Å². The van der Waals surface area contributed by atoms with Gasteiger partial charge in [-0.25, -0.2) is 4.98 Å². The van der Waals surface area contributed by atoms with Gasteiger partial charge in [-0.05, 0) is 36.8 Å². The largest absolute Gasteiger partial charge is 0.493 e. The van der Waals surface area contributed by atoms with Crippen LogP contribution in [-0.4, -0.2) is 29.4 Å². The Bertz CT molecular complexity index is 1140. The van der Waals surface area contributed by atoms with Crippen LogP contribution in [0, 0.1) is 6.92 Å². The van der Waals surface area contributed by atoms with Gasteiger partial charge in [0, 0.05) is 22.4 Å². The molecule has 2 heterocycles. The standard InChI is InChI=1S/C21H20N4O3S2/c1-13-6-4-5-7-16(13)23-20-22-15(11-29-20)12-30-21-25-24-19(28-21)14-8-9-17(26-2)18(10-14)27-3/h4-11H,12H2,1-3H3,(H,22,23). The summed E-state index contributed by atoms with van der Waals surface area (Å²) in [5, 5.41) is 15.0. The topological polar surface area (TPSA) is 82.3 Å². The number of aryl methyl sites for hydroxylation is 1. The number of para-hydroxylation sites is 1. The van der Waals surface area contributed by atoms with Gasteiger partial charge in [-0.3, -0.25) is 0 Å². The van der Waals surface area contributed by atoms with Gasteiger partial charge in [-0.15, -0.1) is 21.5 Å². The Morgan fingerprint density at radius 1 is 1.07 bits per heavy atom. The van der Waals surface area contributed by atoms with Gasteiger partial charge in [0.1, 0.15) is 0 Å². The molecule has 0 bridgehead atoms. The summed E-state index contributed by atoms with van der Waals surface area (Å²) in [7, 11) is 3.19. The Morgan fingerprint density at radius 3 is 2.70 bits per heavy atom. The number of nitrogens with zero attached hydrogens (tertiary/aromatic N) is 3. The monoisotopic (exact) mass is 440 g/mol. The molecule has 9 heteroatoms. The van der Waals surface area contributed by atoms with Crippen LogP contribution in [0.4, 0.5) is 10.8 Å².